The van der Waals surface area contributed by atoms with E-state index in [4.69, 9.17) is 10.5 Å². The fourth-order valence-corrected chi connectivity index (χ4v) is 2.41. The highest BCUT2D eigenvalue weighted by molar-refractivity contribution is 7.89. The molecular weight excluding hydrogens is 264 g/mol. The van der Waals surface area contributed by atoms with Crippen LogP contribution in [0.3, 0.4) is 0 Å². The number of ether oxygens (including phenoxy) is 1. The van der Waals surface area contributed by atoms with Crippen molar-refractivity contribution in [1.29, 1.82) is 0 Å². The van der Waals surface area contributed by atoms with Crippen molar-refractivity contribution >= 4 is 15.7 Å². The molecular formula is C13H22N2O3S. The number of hydrogen-bond donors (Lipinski definition) is 2. The number of hydrogen-bond acceptors (Lipinski definition) is 4. The van der Waals surface area contributed by atoms with E-state index >= 15 is 0 Å². The molecule has 0 amide bonds. The Morgan fingerprint density at radius 1 is 1.21 bits per heavy atom. The van der Waals surface area contributed by atoms with Gasteiger partial charge in [-0.15, -0.1) is 0 Å². The summed E-state index contributed by atoms with van der Waals surface area (Å²) in [4.78, 5) is 0.212. The predicted octanol–water partition coefficient (Wildman–Crippen LogP) is 1.61. The molecule has 0 atom stereocenters. The number of benzene rings is 1. The van der Waals surface area contributed by atoms with Gasteiger partial charge in [0, 0.05) is 18.8 Å². The van der Waals surface area contributed by atoms with E-state index in [0.29, 0.717) is 24.8 Å². The molecule has 0 spiro atoms. The number of nitrogens with two attached hydrogens (primary N) is 1. The predicted molar refractivity (Wildman–Crippen MR) is 76.3 cm³/mol. The number of rotatable bonds is 8. The Labute approximate surface area is 115 Å². The van der Waals surface area contributed by atoms with Crippen molar-refractivity contribution in [3.8, 4) is 0 Å². The SMILES string of the molecule is CC(C)CCOCCNS(=O)(=O)c1ccc(N)cc1. The average Bonchev–Trinajstić information content (AvgIpc) is 2.34. The van der Waals surface area contributed by atoms with Gasteiger partial charge in [0.1, 0.15) is 0 Å². The van der Waals surface area contributed by atoms with Crippen LogP contribution in [0, 0.1) is 5.92 Å². The lowest BCUT2D eigenvalue weighted by molar-refractivity contribution is 0.128. The summed E-state index contributed by atoms with van der Waals surface area (Å²) in [6.07, 6.45) is 0.977. The maximum atomic E-state index is 11.9. The topological polar surface area (TPSA) is 81.4 Å². The highest BCUT2D eigenvalue weighted by atomic mass is 32.2. The first kappa shape index (κ1) is 15.9. The molecule has 1 aromatic rings. The molecule has 1 rings (SSSR count). The van der Waals surface area contributed by atoms with E-state index < -0.39 is 10.0 Å². The fourth-order valence-electron chi connectivity index (χ4n) is 1.40. The zero-order chi connectivity index (χ0) is 14.3. The van der Waals surface area contributed by atoms with Crippen LogP contribution in [0.5, 0.6) is 0 Å². The summed E-state index contributed by atoms with van der Waals surface area (Å²) in [5.74, 6) is 0.589. The summed E-state index contributed by atoms with van der Waals surface area (Å²) in [6.45, 7) is 5.54. The highest BCUT2D eigenvalue weighted by Crippen LogP contribution is 2.10. The molecule has 3 N–H and O–H groups in total. The Balaban J connectivity index is 2.33. The van der Waals surface area contributed by atoms with Crippen LogP contribution in [-0.2, 0) is 14.8 Å². The molecule has 0 heterocycles. The van der Waals surface area contributed by atoms with Gasteiger partial charge in [-0.3, -0.25) is 0 Å². The molecule has 19 heavy (non-hydrogen) atoms. The molecule has 0 aliphatic heterocycles. The van der Waals surface area contributed by atoms with Gasteiger partial charge >= 0.3 is 0 Å². The minimum absolute atomic E-state index is 0.212. The molecule has 0 saturated carbocycles. The molecule has 6 heteroatoms. The van der Waals surface area contributed by atoms with Crippen LogP contribution in [0.4, 0.5) is 5.69 Å². The molecule has 108 valence electrons. The van der Waals surface area contributed by atoms with Crippen LogP contribution < -0.4 is 10.5 Å². The normalized spacial score (nSPS) is 11.9. The average molecular weight is 286 g/mol. The molecule has 0 aliphatic carbocycles. The van der Waals surface area contributed by atoms with Gasteiger partial charge in [0.05, 0.1) is 11.5 Å². The molecule has 0 saturated heterocycles. The van der Waals surface area contributed by atoms with Crippen molar-refractivity contribution in [3.63, 3.8) is 0 Å². The largest absolute Gasteiger partial charge is 0.399 e. The van der Waals surface area contributed by atoms with Crippen molar-refractivity contribution in [3.05, 3.63) is 24.3 Å². The first-order chi connectivity index (χ1) is 8.92. The molecule has 0 unspecified atom stereocenters. The summed E-state index contributed by atoms with van der Waals surface area (Å²) in [5, 5.41) is 0. The van der Waals surface area contributed by atoms with E-state index in [1.165, 1.54) is 12.1 Å². The second kappa shape index (κ2) is 7.47. The van der Waals surface area contributed by atoms with E-state index in [1.807, 2.05) is 0 Å². The Morgan fingerprint density at radius 3 is 2.42 bits per heavy atom. The lowest BCUT2D eigenvalue weighted by Crippen LogP contribution is -2.27. The number of anilines is 1. The first-order valence-electron chi connectivity index (χ1n) is 6.35. The van der Waals surface area contributed by atoms with E-state index in [9.17, 15) is 8.42 Å². The van der Waals surface area contributed by atoms with Crippen LogP contribution in [0.15, 0.2) is 29.2 Å². The van der Waals surface area contributed by atoms with Crippen molar-refractivity contribution in [2.75, 3.05) is 25.5 Å². The number of nitrogen functional groups attached to an aromatic ring is 1. The summed E-state index contributed by atoms with van der Waals surface area (Å²) in [5.41, 5.74) is 6.05. The van der Waals surface area contributed by atoms with Gasteiger partial charge in [0.25, 0.3) is 0 Å². The molecule has 0 aromatic heterocycles. The van der Waals surface area contributed by atoms with Gasteiger partial charge in [-0.25, -0.2) is 13.1 Å². The minimum atomic E-state index is -3.47. The molecule has 1 aromatic carbocycles. The van der Waals surface area contributed by atoms with E-state index in [0.717, 1.165) is 6.42 Å². The molecule has 0 bridgehead atoms. The van der Waals surface area contributed by atoms with Crippen LogP contribution in [0.2, 0.25) is 0 Å². The lowest BCUT2D eigenvalue weighted by Gasteiger charge is -2.08. The van der Waals surface area contributed by atoms with Crippen molar-refractivity contribution in [1.82, 2.24) is 4.72 Å². The summed E-state index contributed by atoms with van der Waals surface area (Å²) in [7, 11) is -3.47. The zero-order valence-electron chi connectivity index (χ0n) is 11.4. The standard InChI is InChI=1S/C13H22N2O3S/c1-11(2)7-9-18-10-8-15-19(16,17)13-5-3-12(14)4-6-13/h3-6,11,15H,7-10,14H2,1-2H3. The van der Waals surface area contributed by atoms with Crippen molar-refractivity contribution in [2.45, 2.75) is 25.2 Å². The van der Waals surface area contributed by atoms with Crippen molar-refractivity contribution < 1.29 is 13.2 Å². The highest BCUT2D eigenvalue weighted by Gasteiger charge is 2.12. The third kappa shape index (κ3) is 6.04. The van der Waals surface area contributed by atoms with Crippen LogP contribution in [0.1, 0.15) is 20.3 Å². The van der Waals surface area contributed by atoms with E-state index in [-0.39, 0.29) is 11.4 Å². The quantitative estimate of drug-likeness (QED) is 0.562. The molecule has 0 radical (unpaired) electrons. The Bertz CT molecular complexity index is 469. The number of sulfonamides is 1. The minimum Gasteiger partial charge on any atom is -0.399 e. The zero-order valence-corrected chi connectivity index (χ0v) is 12.2. The third-order valence-electron chi connectivity index (χ3n) is 2.57. The van der Waals surface area contributed by atoms with Crippen LogP contribution >= 0.6 is 0 Å². The van der Waals surface area contributed by atoms with E-state index in [2.05, 4.69) is 18.6 Å². The lowest BCUT2D eigenvalue weighted by atomic mass is 10.1. The van der Waals surface area contributed by atoms with Crippen LogP contribution in [0.25, 0.3) is 0 Å². The Morgan fingerprint density at radius 2 is 1.84 bits per heavy atom. The summed E-state index contributed by atoms with van der Waals surface area (Å²) >= 11 is 0. The van der Waals surface area contributed by atoms with Gasteiger partial charge in [0.15, 0.2) is 0 Å². The van der Waals surface area contributed by atoms with Gasteiger partial charge in [0.2, 0.25) is 10.0 Å². The van der Waals surface area contributed by atoms with E-state index in [1.54, 1.807) is 12.1 Å². The third-order valence-corrected chi connectivity index (χ3v) is 4.05. The maximum absolute atomic E-state index is 11.9. The second-order valence-electron chi connectivity index (χ2n) is 4.76. The fraction of sp³-hybridized carbons (Fsp3) is 0.538. The monoisotopic (exact) mass is 286 g/mol. The smallest absolute Gasteiger partial charge is 0.240 e. The molecule has 5 nitrogen and oxygen atoms in total. The van der Waals surface area contributed by atoms with Crippen molar-refractivity contribution in [2.24, 2.45) is 5.92 Å². The van der Waals surface area contributed by atoms with Gasteiger partial charge in [-0.2, -0.15) is 0 Å². The molecule has 0 fully saturated rings. The first-order valence-corrected chi connectivity index (χ1v) is 7.83. The summed E-state index contributed by atoms with van der Waals surface area (Å²) in [6, 6.07) is 6.09. The number of nitrogens with one attached hydrogen (secondary N) is 1. The Hall–Kier alpha value is -1.11. The van der Waals surface area contributed by atoms with Gasteiger partial charge < -0.3 is 10.5 Å². The van der Waals surface area contributed by atoms with Gasteiger partial charge in [-0.05, 0) is 36.6 Å². The van der Waals surface area contributed by atoms with Crippen LogP contribution in [-0.4, -0.2) is 28.2 Å². The Kier molecular flexibility index (Phi) is 6.27. The second-order valence-corrected chi connectivity index (χ2v) is 6.53. The maximum Gasteiger partial charge on any atom is 0.240 e. The molecule has 0 aliphatic rings. The summed E-state index contributed by atoms with van der Waals surface area (Å²) < 4.78 is 31.6. The van der Waals surface area contributed by atoms with Gasteiger partial charge in [-0.1, -0.05) is 13.8 Å².